The zero-order valence-corrected chi connectivity index (χ0v) is 34.3. The van der Waals surface area contributed by atoms with Gasteiger partial charge in [-0.2, -0.15) is 0 Å². The maximum absolute atomic E-state index is 5.06. The second-order valence-electron chi connectivity index (χ2n) is 15.7. The van der Waals surface area contributed by atoms with Crippen molar-refractivity contribution in [1.82, 2.24) is 14.5 Å². The van der Waals surface area contributed by atoms with Gasteiger partial charge < -0.3 is 4.90 Å². The van der Waals surface area contributed by atoms with E-state index in [1.54, 1.807) is 0 Å². The van der Waals surface area contributed by atoms with Crippen molar-refractivity contribution in [1.29, 1.82) is 0 Å². The Bertz CT molecular complexity index is 3080. The van der Waals surface area contributed by atoms with Crippen LogP contribution in [0.4, 0.5) is 17.1 Å². The quantitative estimate of drug-likeness (QED) is 0.154. The zero-order valence-electron chi connectivity index (χ0n) is 34.3. The molecule has 10 aromatic rings. The Kier molecular flexibility index (Phi) is 9.38. The fraction of sp³-hybridized carbons (Fsp3) is 0.0714. The Labute approximate surface area is 351 Å². The van der Waals surface area contributed by atoms with E-state index in [0.29, 0.717) is 0 Å². The molecule has 60 heavy (non-hydrogen) atoms. The molecule has 4 heteroatoms. The molecule has 288 valence electrons. The van der Waals surface area contributed by atoms with Gasteiger partial charge in [0.05, 0.1) is 22.6 Å². The van der Waals surface area contributed by atoms with Gasteiger partial charge in [-0.15, -0.1) is 0 Å². The number of aryl methyl sites for hydroxylation is 4. The van der Waals surface area contributed by atoms with Crippen LogP contribution in [0.3, 0.4) is 0 Å². The fourth-order valence-corrected chi connectivity index (χ4v) is 9.08. The highest BCUT2D eigenvalue weighted by Crippen LogP contribution is 2.49. The summed E-state index contributed by atoms with van der Waals surface area (Å²) in [5.41, 5.74) is 18.2. The normalized spacial score (nSPS) is 11.3. The minimum atomic E-state index is 0.870. The molecule has 0 aliphatic rings. The number of aromatic nitrogens is 3. The van der Waals surface area contributed by atoms with Gasteiger partial charge in [0.25, 0.3) is 0 Å². The van der Waals surface area contributed by atoms with Gasteiger partial charge in [-0.3, -0.25) is 9.55 Å². The minimum Gasteiger partial charge on any atom is -0.310 e. The summed E-state index contributed by atoms with van der Waals surface area (Å²) in [5.74, 6) is 0.870. The summed E-state index contributed by atoms with van der Waals surface area (Å²) in [7, 11) is 0. The van der Waals surface area contributed by atoms with Crippen LogP contribution in [0.25, 0.3) is 72.3 Å². The van der Waals surface area contributed by atoms with Crippen molar-refractivity contribution in [3.8, 4) is 50.6 Å². The van der Waals surface area contributed by atoms with Gasteiger partial charge in [0.15, 0.2) is 0 Å². The molecule has 0 spiro atoms. The smallest absolute Gasteiger partial charge is 0.137 e. The van der Waals surface area contributed by atoms with Crippen molar-refractivity contribution in [2.24, 2.45) is 0 Å². The predicted octanol–water partition coefficient (Wildman–Crippen LogP) is 14.9. The number of nitrogens with zero attached hydrogens (tertiary/aromatic N) is 4. The van der Waals surface area contributed by atoms with Crippen LogP contribution in [0.15, 0.2) is 194 Å². The Balaban J connectivity index is 1.34. The van der Waals surface area contributed by atoms with Crippen LogP contribution in [0.1, 0.15) is 22.3 Å². The highest BCUT2D eigenvalue weighted by Gasteiger charge is 2.27. The Morgan fingerprint density at radius 3 is 1.77 bits per heavy atom. The number of anilines is 3. The van der Waals surface area contributed by atoms with Gasteiger partial charge in [-0.25, -0.2) is 4.98 Å². The molecule has 0 atom stereocenters. The second-order valence-corrected chi connectivity index (χ2v) is 15.7. The zero-order chi connectivity index (χ0) is 40.7. The average Bonchev–Trinajstić information content (AvgIpc) is 3.60. The van der Waals surface area contributed by atoms with Crippen molar-refractivity contribution in [3.63, 3.8) is 0 Å². The van der Waals surface area contributed by atoms with Crippen LogP contribution in [-0.4, -0.2) is 14.5 Å². The van der Waals surface area contributed by atoms with Gasteiger partial charge in [-0.05, 0) is 133 Å². The molecule has 0 bridgehead atoms. The molecule has 0 aliphatic heterocycles. The second kappa shape index (κ2) is 15.3. The number of rotatable bonds is 8. The molecule has 0 saturated carbocycles. The first-order valence-corrected chi connectivity index (χ1v) is 20.6. The summed E-state index contributed by atoms with van der Waals surface area (Å²) in [4.78, 5) is 12.3. The van der Waals surface area contributed by atoms with Crippen LogP contribution < -0.4 is 4.90 Å². The summed E-state index contributed by atoms with van der Waals surface area (Å²) in [5, 5.41) is 3.51. The molecule has 10 rings (SSSR count). The molecule has 0 radical (unpaired) electrons. The van der Waals surface area contributed by atoms with Crippen molar-refractivity contribution < 1.29 is 0 Å². The Morgan fingerprint density at radius 1 is 0.417 bits per heavy atom. The van der Waals surface area contributed by atoms with Crippen molar-refractivity contribution in [3.05, 3.63) is 217 Å². The van der Waals surface area contributed by atoms with Crippen molar-refractivity contribution in [2.75, 3.05) is 4.90 Å². The van der Waals surface area contributed by atoms with Crippen LogP contribution >= 0.6 is 0 Å². The van der Waals surface area contributed by atoms with E-state index >= 15 is 0 Å². The summed E-state index contributed by atoms with van der Waals surface area (Å²) in [6, 6.07) is 65.3. The van der Waals surface area contributed by atoms with E-state index in [1.807, 2.05) is 24.5 Å². The molecule has 3 heterocycles. The van der Waals surface area contributed by atoms with E-state index < -0.39 is 0 Å². The number of hydrogen-bond donors (Lipinski definition) is 0. The first-order chi connectivity index (χ1) is 29.4. The minimum absolute atomic E-state index is 0.870. The molecule has 0 saturated heterocycles. The third kappa shape index (κ3) is 6.43. The van der Waals surface area contributed by atoms with E-state index in [1.165, 1.54) is 49.7 Å². The van der Waals surface area contributed by atoms with E-state index in [0.717, 1.165) is 61.9 Å². The third-order valence-corrected chi connectivity index (χ3v) is 11.8. The maximum atomic E-state index is 5.06. The molecule has 0 fully saturated rings. The van der Waals surface area contributed by atoms with E-state index in [4.69, 9.17) is 9.97 Å². The van der Waals surface area contributed by atoms with Gasteiger partial charge in [0, 0.05) is 51.2 Å². The summed E-state index contributed by atoms with van der Waals surface area (Å²) in [6.07, 6.45) is 3.77. The maximum Gasteiger partial charge on any atom is 0.137 e. The summed E-state index contributed by atoms with van der Waals surface area (Å²) in [6.45, 7) is 8.92. The van der Waals surface area contributed by atoms with Crippen LogP contribution in [0.5, 0.6) is 0 Å². The lowest BCUT2D eigenvalue weighted by molar-refractivity contribution is 1.05. The molecule has 3 aromatic heterocycles. The van der Waals surface area contributed by atoms with Crippen molar-refractivity contribution in [2.45, 2.75) is 27.7 Å². The highest BCUT2D eigenvalue weighted by molar-refractivity contribution is 6.09. The molecular formula is C56H44N4. The largest absolute Gasteiger partial charge is 0.310 e. The average molecular weight is 773 g/mol. The van der Waals surface area contributed by atoms with Crippen molar-refractivity contribution >= 4 is 38.7 Å². The molecule has 0 N–H and O–H groups in total. The van der Waals surface area contributed by atoms with Gasteiger partial charge in [0.1, 0.15) is 5.82 Å². The first-order valence-electron chi connectivity index (χ1n) is 20.6. The molecule has 0 unspecified atom stereocenters. The number of pyridine rings is 2. The highest BCUT2D eigenvalue weighted by atomic mass is 15.1. The Hall–Kier alpha value is -7.56. The van der Waals surface area contributed by atoms with Crippen LogP contribution in [0.2, 0.25) is 0 Å². The van der Waals surface area contributed by atoms with Gasteiger partial charge >= 0.3 is 0 Å². The predicted molar refractivity (Wildman–Crippen MR) is 252 cm³/mol. The molecule has 7 aromatic carbocycles. The lowest BCUT2D eigenvalue weighted by Gasteiger charge is -2.28. The number of fused-ring (bicyclic) bond motifs is 2. The van der Waals surface area contributed by atoms with Gasteiger partial charge in [0.2, 0.25) is 0 Å². The monoisotopic (exact) mass is 772 g/mol. The topological polar surface area (TPSA) is 34.0 Å². The number of benzene rings is 7. The van der Waals surface area contributed by atoms with Gasteiger partial charge in [-0.1, -0.05) is 121 Å². The first kappa shape index (κ1) is 36.8. The molecule has 0 amide bonds. The molecule has 4 nitrogen and oxygen atoms in total. The summed E-state index contributed by atoms with van der Waals surface area (Å²) < 4.78 is 2.40. The standard InChI is InChI=1S/C56H44N4/c1-37-17-14-18-38(2)53(37)55-48-30-29-45(36-51(48)60(52-28-11-13-32-58-52)56(55)54-39(3)19-15-20-40(54)4)59(50-27-16-24-42-23-8-9-25-47(42)50)46-34-43(41-21-6-5-7-22-41)33-44(35-46)49-26-10-12-31-57-49/h5-36H,1-4H3. The molecule has 0 aliphatic carbocycles. The third-order valence-electron chi connectivity index (χ3n) is 11.8. The molecular weight excluding hydrogens is 729 g/mol. The fourth-order valence-electron chi connectivity index (χ4n) is 9.08. The summed E-state index contributed by atoms with van der Waals surface area (Å²) >= 11 is 0. The van der Waals surface area contributed by atoms with Crippen LogP contribution in [-0.2, 0) is 0 Å². The lowest BCUT2D eigenvalue weighted by atomic mass is 9.89. The Morgan fingerprint density at radius 2 is 1.05 bits per heavy atom. The SMILES string of the molecule is Cc1cccc(C)c1-c1c(-c2c(C)cccc2C)n(-c2ccccn2)c2cc(N(c3cc(-c4ccccc4)cc(-c4ccccn4)c3)c3cccc4ccccc34)ccc12. The van der Waals surface area contributed by atoms with E-state index in [9.17, 15) is 0 Å². The van der Waals surface area contributed by atoms with Crippen LogP contribution in [0, 0.1) is 27.7 Å². The number of hydrogen-bond acceptors (Lipinski definition) is 3. The van der Waals surface area contributed by atoms with E-state index in [-0.39, 0.29) is 0 Å². The lowest BCUT2D eigenvalue weighted by Crippen LogP contribution is -2.11. The van der Waals surface area contributed by atoms with E-state index in [2.05, 4.69) is 207 Å².